The first-order valence-corrected chi connectivity index (χ1v) is 8.15. The van der Waals surface area contributed by atoms with Gasteiger partial charge in [0.2, 0.25) is 0 Å². The van der Waals surface area contributed by atoms with Crippen molar-refractivity contribution in [1.29, 1.82) is 0 Å². The molecule has 1 aliphatic rings. The molecule has 0 unspecified atom stereocenters. The summed E-state index contributed by atoms with van der Waals surface area (Å²) in [4.78, 5) is 6.85. The summed E-state index contributed by atoms with van der Waals surface area (Å²) in [5.41, 5.74) is 0.357. The second kappa shape index (κ2) is 4.31. The number of aromatic nitrogens is 2. The van der Waals surface area contributed by atoms with Crippen LogP contribution in [0.3, 0.4) is 0 Å². The fourth-order valence-electron chi connectivity index (χ4n) is 2.77. The lowest BCUT2D eigenvalue weighted by Gasteiger charge is -2.05. The van der Waals surface area contributed by atoms with E-state index < -0.39 is 10.0 Å². The van der Waals surface area contributed by atoms with Gasteiger partial charge in [0.15, 0.2) is 5.03 Å². The van der Waals surface area contributed by atoms with Crippen molar-refractivity contribution in [2.24, 2.45) is 16.7 Å². The SMILES string of the molecule is CCc1ncc(S(=O)(=O)NCC2C(C)(C)C2(C)C)[nH]1. The van der Waals surface area contributed by atoms with Crippen molar-refractivity contribution in [2.75, 3.05) is 6.54 Å². The van der Waals surface area contributed by atoms with Crippen molar-refractivity contribution in [1.82, 2.24) is 14.7 Å². The number of hydrogen-bond donors (Lipinski definition) is 2. The van der Waals surface area contributed by atoms with Gasteiger partial charge in [-0.1, -0.05) is 34.6 Å². The van der Waals surface area contributed by atoms with Gasteiger partial charge in [0, 0.05) is 13.0 Å². The highest BCUT2D eigenvalue weighted by Crippen LogP contribution is 2.67. The summed E-state index contributed by atoms with van der Waals surface area (Å²) in [5.74, 6) is 1.05. The molecule has 19 heavy (non-hydrogen) atoms. The Morgan fingerprint density at radius 2 is 1.89 bits per heavy atom. The number of hydrogen-bond acceptors (Lipinski definition) is 3. The number of nitrogens with zero attached hydrogens (tertiary/aromatic N) is 1. The molecule has 6 heteroatoms. The van der Waals surface area contributed by atoms with Crippen molar-refractivity contribution in [3.05, 3.63) is 12.0 Å². The van der Waals surface area contributed by atoms with Gasteiger partial charge in [-0.2, -0.15) is 0 Å². The van der Waals surface area contributed by atoms with E-state index in [9.17, 15) is 8.42 Å². The molecule has 0 saturated heterocycles. The van der Waals surface area contributed by atoms with Crippen LogP contribution in [0.5, 0.6) is 0 Å². The van der Waals surface area contributed by atoms with Crippen LogP contribution in [0.2, 0.25) is 0 Å². The van der Waals surface area contributed by atoms with Crippen molar-refractivity contribution in [3.63, 3.8) is 0 Å². The standard InChI is InChI=1S/C13H23N3O2S/c1-6-10-14-8-11(16-10)19(17,18)15-7-9-12(2,3)13(9,4)5/h8-9,15H,6-7H2,1-5H3,(H,14,16). The molecule has 1 aromatic heterocycles. The van der Waals surface area contributed by atoms with Crippen LogP contribution in [0, 0.1) is 16.7 Å². The largest absolute Gasteiger partial charge is 0.332 e. The predicted molar refractivity (Wildman–Crippen MR) is 74.2 cm³/mol. The van der Waals surface area contributed by atoms with E-state index in [4.69, 9.17) is 0 Å². The molecule has 0 aromatic carbocycles. The maximum absolute atomic E-state index is 12.1. The molecule has 1 aromatic rings. The third kappa shape index (κ3) is 2.31. The molecule has 0 radical (unpaired) electrons. The molecule has 5 nitrogen and oxygen atoms in total. The zero-order valence-electron chi connectivity index (χ0n) is 12.2. The number of aryl methyl sites for hydroxylation is 1. The Kier molecular flexibility index (Phi) is 3.30. The fraction of sp³-hybridized carbons (Fsp3) is 0.769. The molecule has 0 spiro atoms. The third-order valence-electron chi connectivity index (χ3n) is 5.03. The van der Waals surface area contributed by atoms with E-state index >= 15 is 0 Å². The van der Waals surface area contributed by atoms with Gasteiger partial charge in [-0.05, 0) is 16.7 Å². The van der Waals surface area contributed by atoms with E-state index in [0.29, 0.717) is 24.7 Å². The molecular weight excluding hydrogens is 262 g/mol. The molecule has 0 aliphatic heterocycles. The molecule has 0 amide bonds. The molecule has 1 fully saturated rings. The number of sulfonamides is 1. The predicted octanol–water partition coefficient (Wildman–Crippen LogP) is 1.93. The highest BCUT2D eigenvalue weighted by molar-refractivity contribution is 7.89. The first kappa shape index (κ1) is 14.5. The second-order valence-corrected chi connectivity index (χ2v) is 8.13. The average molecular weight is 285 g/mol. The summed E-state index contributed by atoms with van der Waals surface area (Å²) in [6.07, 6.45) is 2.07. The minimum atomic E-state index is -3.47. The monoisotopic (exact) mass is 285 g/mol. The van der Waals surface area contributed by atoms with Crippen molar-refractivity contribution in [2.45, 2.75) is 46.1 Å². The van der Waals surface area contributed by atoms with Crippen LogP contribution in [-0.4, -0.2) is 24.9 Å². The summed E-state index contributed by atoms with van der Waals surface area (Å²) in [7, 11) is -3.47. The number of rotatable bonds is 5. The Bertz CT molecular complexity index is 558. The van der Waals surface area contributed by atoms with Crippen LogP contribution in [0.15, 0.2) is 11.2 Å². The molecule has 108 valence electrons. The zero-order chi connectivity index (χ0) is 14.5. The zero-order valence-corrected chi connectivity index (χ0v) is 13.1. The maximum Gasteiger partial charge on any atom is 0.257 e. The summed E-state index contributed by atoms with van der Waals surface area (Å²) in [5, 5.41) is 0.153. The molecule has 0 atom stereocenters. The summed E-state index contributed by atoms with van der Waals surface area (Å²) in [6.45, 7) is 11.1. The molecule has 2 N–H and O–H groups in total. The maximum atomic E-state index is 12.1. The van der Waals surface area contributed by atoms with Gasteiger partial charge in [0.25, 0.3) is 10.0 Å². The summed E-state index contributed by atoms with van der Waals surface area (Å²) < 4.78 is 27.0. The Morgan fingerprint density at radius 1 is 1.32 bits per heavy atom. The Hall–Kier alpha value is -0.880. The quantitative estimate of drug-likeness (QED) is 0.868. The number of aromatic amines is 1. The van der Waals surface area contributed by atoms with Gasteiger partial charge in [-0.3, -0.25) is 0 Å². The Morgan fingerprint density at radius 3 is 2.32 bits per heavy atom. The molecule has 2 rings (SSSR count). The van der Waals surface area contributed by atoms with Gasteiger partial charge < -0.3 is 4.98 Å². The van der Waals surface area contributed by atoms with Gasteiger partial charge in [0.1, 0.15) is 5.82 Å². The number of imidazole rings is 1. The van der Waals surface area contributed by atoms with Crippen LogP contribution >= 0.6 is 0 Å². The fourth-order valence-corrected chi connectivity index (χ4v) is 3.76. The van der Waals surface area contributed by atoms with E-state index in [2.05, 4.69) is 42.4 Å². The third-order valence-corrected chi connectivity index (χ3v) is 6.36. The van der Waals surface area contributed by atoms with E-state index in [-0.39, 0.29) is 15.9 Å². The molecule has 1 aliphatic carbocycles. The van der Waals surface area contributed by atoms with Crippen LogP contribution in [0.1, 0.15) is 40.4 Å². The van der Waals surface area contributed by atoms with Gasteiger partial charge in [-0.25, -0.2) is 18.1 Å². The first-order chi connectivity index (χ1) is 8.63. The van der Waals surface area contributed by atoms with E-state index in [1.807, 2.05) is 6.92 Å². The lowest BCUT2D eigenvalue weighted by atomic mass is 10.0. The topological polar surface area (TPSA) is 74.8 Å². The molecular formula is C13H23N3O2S. The van der Waals surface area contributed by atoms with Gasteiger partial charge in [0.05, 0.1) is 6.20 Å². The smallest absolute Gasteiger partial charge is 0.257 e. The summed E-state index contributed by atoms with van der Waals surface area (Å²) in [6, 6.07) is 0. The highest BCUT2D eigenvalue weighted by atomic mass is 32.2. The average Bonchev–Trinajstić information content (AvgIpc) is 2.72. The summed E-state index contributed by atoms with van der Waals surface area (Å²) >= 11 is 0. The van der Waals surface area contributed by atoms with Crippen molar-refractivity contribution in [3.8, 4) is 0 Å². The van der Waals surface area contributed by atoms with Crippen LogP contribution < -0.4 is 4.72 Å². The van der Waals surface area contributed by atoms with E-state index in [0.717, 1.165) is 0 Å². The van der Waals surface area contributed by atoms with Gasteiger partial charge in [-0.15, -0.1) is 0 Å². The Labute approximate surface area is 115 Å². The van der Waals surface area contributed by atoms with Crippen LogP contribution in [-0.2, 0) is 16.4 Å². The molecule has 0 bridgehead atoms. The number of nitrogens with one attached hydrogen (secondary N) is 2. The van der Waals surface area contributed by atoms with Gasteiger partial charge >= 0.3 is 0 Å². The highest BCUT2D eigenvalue weighted by Gasteiger charge is 2.64. The lowest BCUT2D eigenvalue weighted by Crippen LogP contribution is -2.27. The normalized spacial score (nSPS) is 21.5. The Balaban J connectivity index is 2.04. The number of H-pyrrole nitrogens is 1. The van der Waals surface area contributed by atoms with E-state index in [1.54, 1.807) is 0 Å². The molecule has 1 heterocycles. The van der Waals surface area contributed by atoms with E-state index in [1.165, 1.54) is 6.20 Å². The van der Waals surface area contributed by atoms with Crippen LogP contribution in [0.25, 0.3) is 0 Å². The van der Waals surface area contributed by atoms with Crippen molar-refractivity contribution < 1.29 is 8.42 Å². The van der Waals surface area contributed by atoms with Crippen molar-refractivity contribution >= 4 is 10.0 Å². The molecule has 1 saturated carbocycles. The first-order valence-electron chi connectivity index (χ1n) is 6.66. The van der Waals surface area contributed by atoms with Crippen LogP contribution in [0.4, 0.5) is 0 Å². The minimum absolute atomic E-state index is 0.153. The lowest BCUT2D eigenvalue weighted by molar-refractivity contribution is 0.457. The second-order valence-electron chi connectivity index (χ2n) is 6.40. The minimum Gasteiger partial charge on any atom is -0.332 e.